The van der Waals surface area contributed by atoms with Crippen molar-refractivity contribution in [3.8, 4) is 0 Å². The molecule has 0 saturated heterocycles. The molecule has 5 heteroatoms. The highest BCUT2D eigenvalue weighted by Gasteiger charge is 2.18. The average Bonchev–Trinajstić information content (AvgIpc) is 2.51. The fraction of sp³-hybridized carbons (Fsp3) is 0.556. The third-order valence-electron chi connectivity index (χ3n) is 2.25. The highest BCUT2D eigenvalue weighted by atomic mass is 35.5. The smallest absolute Gasteiger partial charge is 0.340 e. The van der Waals surface area contributed by atoms with E-state index in [0.717, 1.165) is 12.8 Å². The molecule has 0 atom stereocenters. The van der Waals surface area contributed by atoms with Crippen molar-refractivity contribution in [1.29, 1.82) is 0 Å². The molecule has 0 amide bonds. The van der Waals surface area contributed by atoms with E-state index in [1.807, 2.05) is 13.8 Å². The van der Waals surface area contributed by atoms with Crippen LogP contribution in [0.3, 0.4) is 0 Å². The Hall–Kier alpha value is -1.03. The Morgan fingerprint density at radius 1 is 1.64 bits per heavy atom. The molecule has 1 N–H and O–H groups in total. The summed E-state index contributed by atoms with van der Waals surface area (Å²) >= 11 is 5.89. The fourth-order valence-electron chi connectivity index (χ4n) is 1.38. The number of carbonyl (C=O) groups is 1. The van der Waals surface area contributed by atoms with Gasteiger partial charge in [-0.3, -0.25) is 4.68 Å². The minimum Gasteiger partial charge on any atom is -0.478 e. The van der Waals surface area contributed by atoms with Gasteiger partial charge in [0.2, 0.25) is 0 Å². The van der Waals surface area contributed by atoms with Crippen molar-refractivity contribution in [2.75, 3.05) is 0 Å². The first-order valence-corrected chi connectivity index (χ1v) is 4.95. The van der Waals surface area contributed by atoms with Gasteiger partial charge in [-0.25, -0.2) is 4.79 Å². The second-order valence-electron chi connectivity index (χ2n) is 3.07. The molecule has 0 aliphatic heterocycles. The van der Waals surface area contributed by atoms with Crippen LogP contribution in [0.25, 0.3) is 0 Å². The molecule has 0 fully saturated rings. The molecule has 1 heterocycles. The Balaban J connectivity index is 3.05. The molecule has 0 spiro atoms. The maximum absolute atomic E-state index is 10.7. The highest BCUT2D eigenvalue weighted by Crippen LogP contribution is 2.23. The number of aromatic nitrogens is 2. The number of halogens is 1. The molecule has 14 heavy (non-hydrogen) atoms. The van der Waals surface area contributed by atoms with Gasteiger partial charge in [-0.15, -0.1) is 0 Å². The molecule has 0 bridgehead atoms. The Morgan fingerprint density at radius 3 is 2.57 bits per heavy atom. The van der Waals surface area contributed by atoms with Crippen LogP contribution in [-0.4, -0.2) is 20.9 Å². The quantitative estimate of drug-likeness (QED) is 0.842. The second kappa shape index (κ2) is 4.46. The number of aromatic carboxylic acids is 1. The van der Waals surface area contributed by atoms with Crippen LogP contribution in [0.1, 0.15) is 43.1 Å². The van der Waals surface area contributed by atoms with Crippen LogP contribution in [0.15, 0.2) is 6.20 Å². The highest BCUT2D eigenvalue weighted by molar-refractivity contribution is 6.32. The van der Waals surface area contributed by atoms with Gasteiger partial charge >= 0.3 is 5.97 Å². The number of carboxylic acids is 1. The number of nitrogens with zero attached hydrogens (tertiary/aromatic N) is 2. The first-order chi connectivity index (χ1) is 6.61. The molecule has 0 saturated carbocycles. The largest absolute Gasteiger partial charge is 0.478 e. The number of carboxylic acid groups (broad SMARTS) is 1. The van der Waals surface area contributed by atoms with Gasteiger partial charge in [-0.05, 0) is 12.8 Å². The summed E-state index contributed by atoms with van der Waals surface area (Å²) in [5.74, 6) is -1.03. The summed E-state index contributed by atoms with van der Waals surface area (Å²) in [6.45, 7) is 4.04. The van der Waals surface area contributed by atoms with Crippen LogP contribution in [0, 0.1) is 0 Å². The van der Waals surface area contributed by atoms with Gasteiger partial charge in [0.25, 0.3) is 0 Å². The topological polar surface area (TPSA) is 55.1 Å². The van der Waals surface area contributed by atoms with Gasteiger partial charge in [0.15, 0.2) is 0 Å². The van der Waals surface area contributed by atoms with Crippen molar-refractivity contribution < 1.29 is 9.90 Å². The second-order valence-corrected chi connectivity index (χ2v) is 3.43. The van der Waals surface area contributed by atoms with E-state index in [2.05, 4.69) is 5.10 Å². The van der Waals surface area contributed by atoms with Crippen LogP contribution >= 0.6 is 11.6 Å². The molecular formula is C9H13ClN2O2. The molecule has 1 rings (SSSR count). The van der Waals surface area contributed by atoms with Crippen LogP contribution in [0.5, 0.6) is 0 Å². The third-order valence-corrected chi connectivity index (χ3v) is 2.63. The number of rotatable bonds is 4. The summed E-state index contributed by atoms with van der Waals surface area (Å²) in [5, 5.41) is 13.0. The predicted octanol–water partition coefficient (Wildman–Crippen LogP) is 2.60. The Kier molecular flexibility index (Phi) is 3.52. The van der Waals surface area contributed by atoms with E-state index in [4.69, 9.17) is 16.7 Å². The lowest BCUT2D eigenvalue weighted by molar-refractivity contribution is 0.0697. The van der Waals surface area contributed by atoms with Gasteiger partial charge in [0, 0.05) is 0 Å². The van der Waals surface area contributed by atoms with Gasteiger partial charge in [0.05, 0.1) is 12.2 Å². The molecule has 0 aliphatic rings. The molecule has 0 aliphatic carbocycles. The summed E-state index contributed by atoms with van der Waals surface area (Å²) < 4.78 is 1.57. The van der Waals surface area contributed by atoms with Crippen molar-refractivity contribution in [1.82, 2.24) is 9.78 Å². The minimum absolute atomic E-state index is 0.0681. The summed E-state index contributed by atoms with van der Waals surface area (Å²) in [6.07, 6.45) is 3.07. The predicted molar refractivity (Wildman–Crippen MR) is 53.8 cm³/mol. The van der Waals surface area contributed by atoms with E-state index >= 15 is 0 Å². The third kappa shape index (κ3) is 1.90. The van der Waals surface area contributed by atoms with Crippen molar-refractivity contribution in [2.45, 2.75) is 32.7 Å². The summed E-state index contributed by atoms with van der Waals surface area (Å²) in [7, 11) is 0. The molecular weight excluding hydrogens is 204 g/mol. The van der Waals surface area contributed by atoms with Crippen LogP contribution in [-0.2, 0) is 0 Å². The van der Waals surface area contributed by atoms with Crippen LogP contribution in [0.2, 0.25) is 5.15 Å². The van der Waals surface area contributed by atoms with E-state index in [1.165, 1.54) is 6.20 Å². The lowest BCUT2D eigenvalue weighted by atomic mass is 10.2. The van der Waals surface area contributed by atoms with Gasteiger partial charge < -0.3 is 5.11 Å². The molecule has 0 radical (unpaired) electrons. The molecule has 78 valence electrons. The van der Waals surface area contributed by atoms with E-state index < -0.39 is 5.97 Å². The minimum atomic E-state index is -1.03. The molecule has 1 aromatic rings. The van der Waals surface area contributed by atoms with Crippen molar-refractivity contribution >= 4 is 17.6 Å². The summed E-state index contributed by atoms with van der Waals surface area (Å²) in [4.78, 5) is 10.7. The Labute approximate surface area is 87.5 Å². The number of hydrogen-bond acceptors (Lipinski definition) is 2. The molecule has 4 nitrogen and oxygen atoms in total. The van der Waals surface area contributed by atoms with Crippen LogP contribution in [0.4, 0.5) is 0 Å². The summed E-state index contributed by atoms with van der Waals surface area (Å²) in [5.41, 5.74) is 0.0681. The lowest BCUT2D eigenvalue weighted by Gasteiger charge is -2.13. The zero-order valence-electron chi connectivity index (χ0n) is 8.20. The standard InChI is InChI=1S/C9H13ClN2O2/c1-3-6(4-2)12-8(10)7(5-11-12)9(13)14/h5-6H,3-4H2,1-2H3,(H,13,14). The average molecular weight is 217 g/mol. The van der Waals surface area contributed by atoms with Crippen LogP contribution < -0.4 is 0 Å². The van der Waals surface area contributed by atoms with Crippen molar-refractivity contribution in [3.05, 3.63) is 16.9 Å². The zero-order valence-corrected chi connectivity index (χ0v) is 8.95. The summed E-state index contributed by atoms with van der Waals surface area (Å²) in [6, 6.07) is 0.176. The van der Waals surface area contributed by atoms with E-state index in [9.17, 15) is 4.79 Å². The lowest BCUT2D eigenvalue weighted by Crippen LogP contribution is -2.09. The van der Waals surface area contributed by atoms with Gasteiger partial charge in [0.1, 0.15) is 10.7 Å². The fourth-order valence-corrected chi connectivity index (χ4v) is 1.69. The first kappa shape index (κ1) is 11.0. The van der Waals surface area contributed by atoms with E-state index in [0.29, 0.717) is 0 Å². The van der Waals surface area contributed by atoms with Gasteiger partial charge in [-0.2, -0.15) is 5.10 Å². The molecule has 1 aromatic heterocycles. The van der Waals surface area contributed by atoms with E-state index in [-0.39, 0.29) is 16.8 Å². The Morgan fingerprint density at radius 2 is 2.21 bits per heavy atom. The number of hydrogen-bond donors (Lipinski definition) is 1. The Bertz CT molecular complexity index is 332. The SMILES string of the molecule is CCC(CC)n1ncc(C(=O)O)c1Cl. The normalized spacial score (nSPS) is 10.9. The maximum atomic E-state index is 10.7. The van der Waals surface area contributed by atoms with Crippen molar-refractivity contribution in [3.63, 3.8) is 0 Å². The maximum Gasteiger partial charge on any atom is 0.340 e. The zero-order chi connectivity index (χ0) is 10.7. The van der Waals surface area contributed by atoms with Gasteiger partial charge in [-0.1, -0.05) is 25.4 Å². The first-order valence-electron chi connectivity index (χ1n) is 4.58. The molecule has 0 unspecified atom stereocenters. The molecule has 0 aromatic carbocycles. The van der Waals surface area contributed by atoms with E-state index in [1.54, 1.807) is 4.68 Å². The van der Waals surface area contributed by atoms with Crippen molar-refractivity contribution in [2.24, 2.45) is 0 Å². The monoisotopic (exact) mass is 216 g/mol.